The summed E-state index contributed by atoms with van der Waals surface area (Å²) in [7, 11) is 0. The number of hydrogen-bond donors (Lipinski definition) is 2. The molecule has 0 bridgehead atoms. The molecule has 1 heterocycles. The molecule has 1 amide bonds. The molecule has 0 spiro atoms. The molecule has 0 saturated heterocycles. The van der Waals surface area contributed by atoms with E-state index >= 15 is 0 Å². The summed E-state index contributed by atoms with van der Waals surface area (Å²) in [6.45, 7) is 6.21. The van der Waals surface area contributed by atoms with Gasteiger partial charge < -0.3 is 10.4 Å². The van der Waals surface area contributed by atoms with Crippen molar-refractivity contribution in [3.63, 3.8) is 0 Å². The van der Waals surface area contributed by atoms with Gasteiger partial charge in [0.15, 0.2) is 0 Å². The maximum atomic E-state index is 11.9. The average molecular weight is 281 g/mol. The standard InChI is InChI=1S/C14H19NO3S/c1-9(2)8-10(3)15-14(18)12-6-4-11(19-12)5-7-13(16)17/h4-7,9-10H,8H2,1-3H3,(H,15,18)(H,16,17). The summed E-state index contributed by atoms with van der Waals surface area (Å²) < 4.78 is 0. The Hall–Kier alpha value is -1.62. The van der Waals surface area contributed by atoms with Gasteiger partial charge in [-0.3, -0.25) is 4.79 Å². The molecule has 1 rings (SSSR count). The zero-order chi connectivity index (χ0) is 14.4. The molecule has 19 heavy (non-hydrogen) atoms. The van der Waals surface area contributed by atoms with Crippen molar-refractivity contribution in [2.24, 2.45) is 5.92 Å². The molecule has 104 valence electrons. The Bertz CT molecular complexity index is 477. The lowest BCUT2D eigenvalue weighted by Gasteiger charge is -2.15. The minimum absolute atomic E-state index is 0.104. The molecule has 1 atom stereocenters. The van der Waals surface area contributed by atoms with Crippen molar-refractivity contribution >= 4 is 29.3 Å². The minimum atomic E-state index is -0.995. The van der Waals surface area contributed by atoms with Gasteiger partial charge in [-0.05, 0) is 37.5 Å². The van der Waals surface area contributed by atoms with E-state index in [2.05, 4.69) is 19.2 Å². The van der Waals surface area contributed by atoms with Gasteiger partial charge in [-0.25, -0.2) is 4.79 Å². The van der Waals surface area contributed by atoms with Crippen LogP contribution in [0.25, 0.3) is 6.08 Å². The Morgan fingerprint density at radius 2 is 2.05 bits per heavy atom. The van der Waals surface area contributed by atoms with Gasteiger partial charge in [-0.2, -0.15) is 0 Å². The first-order chi connectivity index (χ1) is 8.88. The Morgan fingerprint density at radius 3 is 2.63 bits per heavy atom. The van der Waals surface area contributed by atoms with E-state index in [1.54, 1.807) is 12.1 Å². The summed E-state index contributed by atoms with van der Waals surface area (Å²) in [5.41, 5.74) is 0. The summed E-state index contributed by atoms with van der Waals surface area (Å²) >= 11 is 1.28. The Balaban J connectivity index is 2.61. The normalized spacial score (nSPS) is 12.8. The number of aliphatic carboxylic acids is 1. The molecule has 1 aromatic heterocycles. The van der Waals surface area contributed by atoms with E-state index in [1.807, 2.05) is 6.92 Å². The molecule has 1 unspecified atom stereocenters. The lowest BCUT2D eigenvalue weighted by atomic mass is 10.1. The largest absolute Gasteiger partial charge is 0.478 e. The van der Waals surface area contributed by atoms with E-state index in [-0.39, 0.29) is 11.9 Å². The fraction of sp³-hybridized carbons (Fsp3) is 0.429. The van der Waals surface area contributed by atoms with Gasteiger partial charge >= 0.3 is 5.97 Å². The summed E-state index contributed by atoms with van der Waals surface area (Å²) in [6.07, 6.45) is 3.49. The molecule has 4 nitrogen and oxygen atoms in total. The lowest BCUT2D eigenvalue weighted by molar-refractivity contribution is -0.131. The monoisotopic (exact) mass is 281 g/mol. The van der Waals surface area contributed by atoms with Gasteiger partial charge in [-0.1, -0.05) is 13.8 Å². The van der Waals surface area contributed by atoms with Gasteiger partial charge in [0, 0.05) is 17.0 Å². The molecule has 1 aromatic rings. The second-order valence-electron chi connectivity index (χ2n) is 4.88. The van der Waals surface area contributed by atoms with E-state index in [4.69, 9.17) is 5.11 Å². The van der Waals surface area contributed by atoms with Crippen molar-refractivity contribution in [1.29, 1.82) is 0 Å². The molecule has 0 aliphatic rings. The molecule has 0 radical (unpaired) electrons. The minimum Gasteiger partial charge on any atom is -0.478 e. The molecular weight excluding hydrogens is 262 g/mol. The van der Waals surface area contributed by atoms with Crippen LogP contribution in [0.2, 0.25) is 0 Å². The molecule has 0 aromatic carbocycles. The number of thiophene rings is 1. The van der Waals surface area contributed by atoms with Crippen molar-refractivity contribution in [2.75, 3.05) is 0 Å². The molecular formula is C14H19NO3S. The van der Waals surface area contributed by atoms with Crippen LogP contribution >= 0.6 is 11.3 Å². The SMILES string of the molecule is CC(C)CC(C)NC(=O)c1ccc(C=CC(=O)O)s1. The van der Waals surface area contributed by atoms with Crippen molar-refractivity contribution < 1.29 is 14.7 Å². The maximum Gasteiger partial charge on any atom is 0.328 e. The highest BCUT2D eigenvalue weighted by Gasteiger charge is 2.12. The summed E-state index contributed by atoms with van der Waals surface area (Å²) in [4.78, 5) is 23.7. The van der Waals surface area contributed by atoms with Crippen LogP contribution in [-0.2, 0) is 4.79 Å². The number of carboxylic acids is 1. The molecule has 5 heteroatoms. The van der Waals surface area contributed by atoms with Crippen LogP contribution in [0, 0.1) is 5.92 Å². The molecule has 0 fully saturated rings. The molecule has 0 saturated carbocycles. The molecule has 0 aliphatic carbocycles. The smallest absolute Gasteiger partial charge is 0.328 e. The van der Waals surface area contributed by atoms with Gasteiger partial charge in [0.25, 0.3) is 5.91 Å². The second-order valence-corrected chi connectivity index (χ2v) is 5.99. The van der Waals surface area contributed by atoms with Crippen LogP contribution in [0.1, 0.15) is 41.7 Å². The van der Waals surface area contributed by atoms with E-state index < -0.39 is 5.97 Å². The fourth-order valence-corrected chi connectivity index (χ4v) is 2.59. The third-order valence-electron chi connectivity index (χ3n) is 2.44. The number of carbonyl (C=O) groups is 2. The average Bonchev–Trinajstić information content (AvgIpc) is 2.73. The topological polar surface area (TPSA) is 66.4 Å². The third kappa shape index (κ3) is 5.70. The van der Waals surface area contributed by atoms with Crippen LogP contribution in [0.4, 0.5) is 0 Å². The highest BCUT2D eigenvalue weighted by molar-refractivity contribution is 7.14. The first-order valence-corrected chi connectivity index (χ1v) is 7.02. The van der Waals surface area contributed by atoms with Gasteiger partial charge in [-0.15, -0.1) is 11.3 Å². The highest BCUT2D eigenvalue weighted by Crippen LogP contribution is 2.18. The fourth-order valence-electron chi connectivity index (χ4n) is 1.78. The predicted molar refractivity (Wildman–Crippen MR) is 77.4 cm³/mol. The first kappa shape index (κ1) is 15.4. The predicted octanol–water partition coefficient (Wildman–Crippen LogP) is 3.01. The van der Waals surface area contributed by atoms with Crippen LogP contribution in [0.3, 0.4) is 0 Å². The zero-order valence-electron chi connectivity index (χ0n) is 11.3. The van der Waals surface area contributed by atoms with Gasteiger partial charge in [0.1, 0.15) is 0 Å². The van der Waals surface area contributed by atoms with Crippen LogP contribution in [0.5, 0.6) is 0 Å². The van der Waals surface area contributed by atoms with Gasteiger partial charge in [0.2, 0.25) is 0 Å². The maximum absolute atomic E-state index is 11.9. The van der Waals surface area contributed by atoms with Crippen molar-refractivity contribution in [1.82, 2.24) is 5.32 Å². The number of amides is 1. The summed E-state index contributed by atoms with van der Waals surface area (Å²) in [5, 5.41) is 11.5. The van der Waals surface area contributed by atoms with Crippen LogP contribution in [0.15, 0.2) is 18.2 Å². The van der Waals surface area contributed by atoms with E-state index in [0.717, 1.165) is 17.4 Å². The van der Waals surface area contributed by atoms with Gasteiger partial charge in [0.05, 0.1) is 4.88 Å². The molecule has 0 aliphatic heterocycles. The lowest BCUT2D eigenvalue weighted by Crippen LogP contribution is -2.32. The number of nitrogens with one attached hydrogen (secondary N) is 1. The van der Waals surface area contributed by atoms with Crippen molar-refractivity contribution in [3.8, 4) is 0 Å². The quantitative estimate of drug-likeness (QED) is 0.788. The summed E-state index contributed by atoms with van der Waals surface area (Å²) in [6, 6.07) is 3.59. The van der Waals surface area contributed by atoms with E-state index in [0.29, 0.717) is 10.8 Å². The van der Waals surface area contributed by atoms with Crippen molar-refractivity contribution in [2.45, 2.75) is 33.2 Å². The number of carbonyl (C=O) groups excluding carboxylic acids is 1. The first-order valence-electron chi connectivity index (χ1n) is 6.20. The Morgan fingerprint density at radius 1 is 1.37 bits per heavy atom. The highest BCUT2D eigenvalue weighted by atomic mass is 32.1. The molecule has 2 N–H and O–H groups in total. The zero-order valence-corrected chi connectivity index (χ0v) is 12.2. The number of rotatable bonds is 6. The van der Waals surface area contributed by atoms with Crippen molar-refractivity contribution in [3.05, 3.63) is 28.0 Å². The van der Waals surface area contributed by atoms with E-state index in [1.165, 1.54) is 17.4 Å². The van der Waals surface area contributed by atoms with Crippen LogP contribution < -0.4 is 5.32 Å². The third-order valence-corrected chi connectivity index (χ3v) is 3.49. The second kappa shape index (κ2) is 7.09. The van der Waals surface area contributed by atoms with E-state index in [9.17, 15) is 9.59 Å². The Kier molecular flexibility index (Phi) is 5.76. The number of hydrogen-bond acceptors (Lipinski definition) is 3. The number of carboxylic acid groups (broad SMARTS) is 1. The summed E-state index contributed by atoms with van der Waals surface area (Å²) in [5.74, 6) is -0.564. The van der Waals surface area contributed by atoms with Crippen LogP contribution in [-0.4, -0.2) is 23.0 Å². The Labute approximate surface area is 117 Å².